The first-order valence-electron chi connectivity index (χ1n) is 7.95. The molecule has 0 bridgehead atoms. The van der Waals surface area contributed by atoms with Gasteiger partial charge in [-0.05, 0) is 48.0 Å². The number of benzene rings is 1. The van der Waals surface area contributed by atoms with E-state index in [0.29, 0.717) is 22.0 Å². The Bertz CT molecular complexity index is 1050. The zero-order valence-electron chi connectivity index (χ0n) is 13.7. The molecule has 4 aromatic rings. The molecule has 1 amide bonds. The highest BCUT2D eigenvalue weighted by atomic mass is 32.2. The summed E-state index contributed by atoms with van der Waals surface area (Å²) in [6, 6.07) is 12.9. The van der Waals surface area contributed by atoms with E-state index < -0.39 is 0 Å². The number of amides is 1. The summed E-state index contributed by atoms with van der Waals surface area (Å²) in [6.07, 6.45) is 6.89. The lowest BCUT2D eigenvalue weighted by atomic mass is 10.2. The maximum Gasteiger partial charge on any atom is 0.280 e. The second-order valence-corrected chi connectivity index (χ2v) is 6.52. The number of fused-ring (bicyclic) bond motifs is 1. The molecule has 127 valence electrons. The van der Waals surface area contributed by atoms with E-state index in [9.17, 15) is 4.79 Å². The second-order valence-electron chi connectivity index (χ2n) is 5.56. The standard InChI is InChI=1S/C19H14N5OS/c25-18(23-15-3-4-17-14(10-15)11-22-24-17)16-2-1-7-21-19(16)26-12-13-5-8-20-9-6-13/h1-11H,12H2,(H,22,24). The number of hydrogen-bond donors (Lipinski definition) is 1. The van der Waals surface area contributed by atoms with Crippen LogP contribution in [0.5, 0.6) is 0 Å². The molecule has 0 unspecified atom stereocenters. The van der Waals surface area contributed by atoms with Crippen LogP contribution in [0.15, 0.2) is 72.3 Å². The Morgan fingerprint density at radius 1 is 1.12 bits per heavy atom. The summed E-state index contributed by atoms with van der Waals surface area (Å²) in [5, 5.41) is 12.7. The van der Waals surface area contributed by atoms with E-state index >= 15 is 0 Å². The van der Waals surface area contributed by atoms with Crippen LogP contribution in [0.25, 0.3) is 10.9 Å². The smallest absolute Gasteiger partial charge is 0.278 e. The van der Waals surface area contributed by atoms with Gasteiger partial charge in [-0.25, -0.2) is 10.3 Å². The maximum atomic E-state index is 12.7. The fourth-order valence-corrected chi connectivity index (χ4v) is 3.42. The molecule has 0 aliphatic rings. The van der Waals surface area contributed by atoms with Gasteiger partial charge in [0.1, 0.15) is 5.03 Å². The molecule has 3 heterocycles. The van der Waals surface area contributed by atoms with Gasteiger partial charge in [0.05, 0.1) is 23.0 Å². The van der Waals surface area contributed by atoms with Crippen LogP contribution in [-0.2, 0) is 5.75 Å². The molecule has 0 fully saturated rings. The normalized spacial score (nSPS) is 10.8. The van der Waals surface area contributed by atoms with Gasteiger partial charge in [0.15, 0.2) is 0 Å². The first-order valence-corrected chi connectivity index (χ1v) is 8.94. The monoisotopic (exact) mass is 360 g/mol. The molecular formula is C19H14N5OS. The van der Waals surface area contributed by atoms with Crippen molar-refractivity contribution in [3.63, 3.8) is 0 Å². The van der Waals surface area contributed by atoms with Gasteiger partial charge in [-0.15, -0.1) is 11.8 Å². The van der Waals surface area contributed by atoms with Gasteiger partial charge in [0.25, 0.3) is 5.91 Å². The summed E-state index contributed by atoms with van der Waals surface area (Å²) in [5.41, 5.74) is 3.12. The van der Waals surface area contributed by atoms with E-state index in [1.807, 2.05) is 24.3 Å². The predicted octanol–water partition coefficient (Wildman–Crippen LogP) is 3.72. The summed E-state index contributed by atoms with van der Waals surface area (Å²) < 4.78 is 0. The van der Waals surface area contributed by atoms with E-state index in [4.69, 9.17) is 0 Å². The first-order chi connectivity index (χ1) is 12.8. The summed E-state index contributed by atoms with van der Waals surface area (Å²) in [6.45, 7) is 0. The molecule has 0 atom stereocenters. The number of rotatable bonds is 5. The molecular weight excluding hydrogens is 346 g/mol. The minimum Gasteiger partial charge on any atom is -0.278 e. The van der Waals surface area contributed by atoms with Gasteiger partial charge in [-0.1, -0.05) is 0 Å². The fourth-order valence-electron chi connectivity index (χ4n) is 2.48. The molecule has 4 rings (SSSR count). The number of nitrogens with zero attached hydrogens (tertiary/aromatic N) is 4. The molecule has 0 spiro atoms. The predicted molar refractivity (Wildman–Crippen MR) is 100 cm³/mol. The third kappa shape index (κ3) is 3.57. The molecule has 3 aromatic heterocycles. The minimum absolute atomic E-state index is 0.307. The van der Waals surface area contributed by atoms with Gasteiger partial charge in [0.2, 0.25) is 0 Å². The molecule has 26 heavy (non-hydrogen) atoms. The summed E-state index contributed by atoms with van der Waals surface area (Å²) in [5.74, 6) is 0.402. The fraction of sp³-hybridized carbons (Fsp3) is 0.0526. The van der Waals surface area contributed by atoms with Crippen LogP contribution in [0, 0.1) is 0 Å². The van der Waals surface area contributed by atoms with Crippen molar-refractivity contribution in [2.45, 2.75) is 10.8 Å². The number of carbonyl (C=O) groups excluding carboxylic acids is 1. The van der Waals surface area contributed by atoms with Crippen molar-refractivity contribution >= 4 is 34.3 Å². The highest BCUT2D eigenvalue weighted by molar-refractivity contribution is 7.98. The molecule has 0 aliphatic carbocycles. The average Bonchev–Trinajstić information content (AvgIpc) is 3.15. The number of thioether (sulfide) groups is 1. The Balaban J connectivity index is 1.52. The van der Waals surface area contributed by atoms with Crippen LogP contribution in [0.2, 0.25) is 0 Å². The zero-order chi connectivity index (χ0) is 17.8. The van der Waals surface area contributed by atoms with Gasteiger partial charge in [0, 0.05) is 29.7 Å². The second kappa shape index (κ2) is 7.37. The van der Waals surface area contributed by atoms with Crippen molar-refractivity contribution in [2.24, 2.45) is 0 Å². The summed E-state index contributed by atoms with van der Waals surface area (Å²) in [4.78, 5) is 21.0. The topological polar surface area (TPSA) is 85.6 Å². The van der Waals surface area contributed by atoms with Gasteiger partial charge in [-0.3, -0.25) is 14.9 Å². The Hall–Kier alpha value is -3.19. The van der Waals surface area contributed by atoms with E-state index in [1.54, 1.807) is 43.0 Å². The molecule has 1 radical (unpaired) electrons. The SMILES string of the molecule is O=C([N]c1ccc2[nH]ncc2c1)c1cccnc1SCc1ccncc1. The Labute approximate surface area is 154 Å². The lowest BCUT2D eigenvalue weighted by Crippen LogP contribution is -2.12. The van der Waals surface area contributed by atoms with Crippen molar-refractivity contribution in [2.75, 3.05) is 0 Å². The van der Waals surface area contributed by atoms with Crippen LogP contribution < -0.4 is 5.32 Å². The van der Waals surface area contributed by atoms with E-state index in [2.05, 4.69) is 25.5 Å². The third-order valence-electron chi connectivity index (χ3n) is 3.78. The lowest BCUT2D eigenvalue weighted by Gasteiger charge is -2.07. The van der Waals surface area contributed by atoms with Crippen LogP contribution in [-0.4, -0.2) is 26.1 Å². The average molecular weight is 360 g/mol. The molecule has 7 heteroatoms. The summed E-state index contributed by atoms with van der Waals surface area (Å²) >= 11 is 1.51. The largest absolute Gasteiger partial charge is 0.280 e. The van der Waals surface area contributed by atoms with Gasteiger partial charge >= 0.3 is 0 Å². The highest BCUT2D eigenvalue weighted by Gasteiger charge is 2.15. The number of nitrogens with one attached hydrogen (secondary N) is 1. The molecule has 0 saturated heterocycles. The van der Waals surface area contributed by atoms with Crippen molar-refractivity contribution < 1.29 is 4.79 Å². The van der Waals surface area contributed by atoms with Crippen molar-refractivity contribution in [1.29, 1.82) is 0 Å². The van der Waals surface area contributed by atoms with E-state index in [-0.39, 0.29) is 5.91 Å². The maximum absolute atomic E-state index is 12.7. The summed E-state index contributed by atoms with van der Waals surface area (Å²) in [7, 11) is 0. The van der Waals surface area contributed by atoms with Crippen molar-refractivity contribution in [3.8, 4) is 0 Å². The minimum atomic E-state index is -0.307. The van der Waals surface area contributed by atoms with E-state index in [1.165, 1.54) is 11.8 Å². The third-order valence-corrected chi connectivity index (χ3v) is 4.86. The van der Waals surface area contributed by atoms with Crippen molar-refractivity contribution in [3.05, 3.63) is 78.4 Å². The van der Waals surface area contributed by atoms with Crippen LogP contribution in [0.3, 0.4) is 0 Å². The number of aromatic nitrogens is 4. The molecule has 1 aromatic carbocycles. The zero-order valence-corrected chi connectivity index (χ0v) is 14.5. The number of pyridine rings is 2. The number of carbonyl (C=O) groups is 1. The Morgan fingerprint density at radius 3 is 2.88 bits per heavy atom. The van der Waals surface area contributed by atoms with E-state index in [0.717, 1.165) is 16.5 Å². The Morgan fingerprint density at radius 2 is 2.00 bits per heavy atom. The lowest BCUT2D eigenvalue weighted by molar-refractivity contribution is 0.0965. The molecule has 1 N–H and O–H groups in total. The number of aromatic amines is 1. The molecule has 6 nitrogen and oxygen atoms in total. The Kier molecular flexibility index (Phi) is 4.61. The van der Waals surface area contributed by atoms with Gasteiger partial charge in [-0.2, -0.15) is 5.10 Å². The van der Waals surface area contributed by atoms with Crippen LogP contribution >= 0.6 is 11.8 Å². The first kappa shape index (κ1) is 16.3. The number of H-pyrrole nitrogens is 1. The van der Waals surface area contributed by atoms with Gasteiger partial charge < -0.3 is 0 Å². The molecule has 0 saturated carbocycles. The van der Waals surface area contributed by atoms with Crippen LogP contribution in [0.1, 0.15) is 15.9 Å². The highest BCUT2D eigenvalue weighted by Crippen LogP contribution is 2.25. The number of hydrogen-bond acceptors (Lipinski definition) is 5. The van der Waals surface area contributed by atoms with Crippen LogP contribution in [0.4, 0.5) is 5.69 Å². The molecule has 0 aliphatic heterocycles. The quantitative estimate of drug-likeness (QED) is 0.548. The van der Waals surface area contributed by atoms with Crippen molar-refractivity contribution in [1.82, 2.24) is 25.5 Å².